The van der Waals surface area contributed by atoms with Crippen LogP contribution in [0.1, 0.15) is 12.8 Å². The van der Waals surface area contributed by atoms with Crippen LogP contribution in [0.15, 0.2) is 29.3 Å². The molecule has 2 rings (SSSR count). The number of ether oxygens (including phenoxy) is 1. The van der Waals surface area contributed by atoms with Crippen molar-refractivity contribution in [2.45, 2.75) is 18.9 Å². The molecule has 1 aliphatic rings. The van der Waals surface area contributed by atoms with Gasteiger partial charge in [-0.25, -0.2) is 4.79 Å². The molecule has 13 heavy (non-hydrogen) atoms. The third-order valence-electron chi connectivity index (χ3n) is 1.84. The number of isocyanates is 1. The number of hydrogen-bond donors (Lipinski definition) is 0. The predicted molar refractivity (Wildman–Crippen MR) is 47.9 cm³/mol. The second kappa shape index (κ2) is 3.42. The molecule has 0 unspecified atom stereocenters. The Bertz CT molecular complexity index is 334. The maximum Gasteiger partial charge on any atom is 0.240 e. The van der Waals surface area contributed by atoms with Crippen LogP contribution in [0, 0.1) is 0 Å². The van der Waals surface area contributed by atoms with Crippen LogP contribution in [0.3, 0.4) is 0 Å². The van der Waals surface area contributed by atoms with E-state index in [1.807, 2.05) is 12.1 Å². The summed E-state index contributed by atoms with van der Waals surface area (Å²) in [4.78, 5) is 13.4. The molecule has 1 aromatic rings. The van der Waals surface area contributed by atoms with Gasteiger partial charge in [0.25, 0.3) is 0 Å². The van der Waals surface area contributed by atoms with Crippen molar-refractivity contribution in [3.63, 3.8) is 0 Å². The average molecular weight is 175 g/mol. The number of hydrogen-bond acceptors (Lipinski definition) is 3. The zero-order chi connectivity index (χ0) is 9.10. The molecule has 1 aliphatic carbocycles. The maximum absolute atomic E-state index is 9.92. The number of aliphatic imine (C=N–C) groups is 1. The van der Waals surface area contributed by atoms with Crippen LogP contribution >= 0.6 is 0 Å². The Morgan fingerprint density at radius 1 is 1.31 bits per heavy atom. The molecule has 1 fully saturated rings. The topological polar surface area (TPSA) is 38.7 Å². The van der Waals surface area contributed by atoms with E-state index in [0.29, 0.717) is 11.8 Å². The lowest BCUT2D eigenvalue weighted by Crippen LogP contribution is -1.94. The predicted octanol–water partition coefficient (Wildman–Crippen LogP) is 2.20. The molecule has 0 amide bonds. The number of rotatable bonds is 3. The molecule has 0 atom stereocenters. The van der Waals surface area contributed by atoms with Gasteiger partial charge in [0.2, 0.25) is 6.08 Å². The van der Waals surface area contributed by atoms with E-state index in [1.165, 1.54) is 6.08 Å². The molecule has 0 aromatic heterocycles. The summed E-state index contributed by atoms with van der Waals surface area (Å²) in [5.41, 5.74) is 0.609. The molecular formula is C10H9NO2. The second-order valence-corrected chi connectivity index (χ2v) is 3.01. The van der Waals surface area contributed by atoms with Crippen molar-refractivity contribution in [2.24, 2.45) is 4.99 Å². The standard InChI is InChI=1S/C10H9NO2/c12-7-11-8-1-3-9(4-2-8)13-10-5-6-10/h1-4,10H,5-6H2. The highest BCUT2D eigenvalue weighted by atomic mass is 16.5. The molecular weight excluding hydrogens is 166 g/mol. The molecule has 0 bridgehead atoms. The molecule has 0 spiro atoms. The second-order valence-electron chi connectivity index (χ2n) is 3.01. The van der Waals surface area contributed by atoms with Crippen LogP contribution in [-0.2, 0) is 4.79 Å². The minimum absolute atomic E-state index is 0.403. The summed E-state index contributed by atoms with van der Waals surface area (Å²) < 4.78 is 5.52. The fourth-order valence-corrected chi connectivity index (χ4v) is 1.03. The van der Waals surface area contributed by atoms with Crippen LogP contribution in [0.2, 0.25) is 0 Å². The third-order valence-corrected chi connectivity index (χ3v) is 1.84. The van der Waals surface area contributed by atoms with Crippen LogP contribution in [0.4, 0.5) is 5.69 Å². The minimum atomic E-state index is 0.403. The highest BCUT2D eigenvalue weighted by Crippen LogP contribution is 2.27. The van der Waals surface area contributed by atoms with Gasteiger partial charge in [0, 0.05) is 0 Å². The van der Waals surface area contributed by atoms with Crippen molar-refractivity contribution in [1.82, 2.24) is 0 Å². The van der Waals surface area contributed by atoms with Gasteiger partial charge in [-0.2, -0.15) is 4.99 Å². The van der Waals surface area contributed by atoms with Crippen molar-refractivity contribution in [3.8, 4) is 5.75 Å². The summed E-state index contributed by atoms with van der Waals surface area (Å²) in [6, 6.07) is 7.11. The first-order valence-electron chi connectivity index (χ1n) is 4.23. The first-order chi connectivity index (χ1) is 6.38. The Kier molecular flexibility index (Phi) is 2.11. The summed E-state index contributed by atoms with van der Waals surface area (Å²) in [6.45, 7) is 0. The largest absolute Gasteiger partial charge is 0.490 e. The Hall–Kier alpha value is -1.60. The molecule has 1 saturated carbocycles. The Labute approximate surface area is 76.1 Å². The lowest BCUT2D eigenvalue weighted by Gasteiger charge is -2.02. The summed E-state index contributed by atoms with van der Waals surface area (Å²) in [5, 5.41) is 0. The molecule has 3 heteroatoms. The van der Waals surface area contributed by atoms with E-state index in [-0.39, 0.29) is 0 Å². The highest BCUT2D eigenvalue weighted by molar-refractivity contribution is 5.50. The van der Waals surface area contributed by atoms with Crippen molar-refractivity contribution < 1.29 is 9.53 Å². The van der Waals surface area contributed by atoms with Gasteiger partial charge in [-0.05, 0) is 37.1 Å². The molecule has 0 N–H and O–H groups in total. The van der Waals surface area contributed by atoms with E-state index in [0.717, 1.165) is 18.6 Å². The number of carbonyl (C=O) groups excluding carboxylic acids is 1. The van der Waals surface area contributed by atoms with E-state index in [9.17, 15) is 4.79 Å². The van der Waals surface area contributed by atoms with Crippen molar-refractivity contribution in [1.29, 1.82) is 0 Å². The molecule has 0 saturated heterocycles. The Morgan fingerprint density at radius 2 is 2.00 bits per heavy atom. The molecule has 1 aromatic carbocycles. The number of nitrogens with zero attached hydrogens (tertiary/aromatic N) is 1. The highest BCUT2D eigenvalue weighted by Gasteiger charge is 2.23. The fraction of sp³-hybridized carbons (Fsp3) is 0.300. The summed E-state index contributed by atoms with van der Waals surface area (Å²) in [5.74, 6) is 0.840. The summed E-state index contributed by atoms with van der Waals surface area (Å²) >= 11 is 0. The molecule has 0 aliphatic heterocycles. The average Bonchev–Trinajstić information content (AvgIpc) is 2.93. The third kappa shape index (κ3) is 2.17. The lowest BCUT2D eigenvalue weighted by atomic mass is 10.3. The van der Waals surface area contributed by atoms with Gasteiger partial charge in [-0.1, -0.05) is 0 Å². The van der Waals surface area contributed by atoms with Gasteiger partial charge in [0.15, 0.2) is 0 Å². The Balaban J connectivity index is 2.07. The van der Waals surface area contributed by atoms with Gasteiger partial charge >= 0.3 is 0 Å². The van der Waals surface area contributed by atoms with Gasteiger partial charge < -0.3 is 4.74 Å². The fourth-order valence-electron chi connectivity index (χ4n) is 1.03. The SMILES string of the molecule is O=C=Nc1ccc(OC2CC2)cc1. The zero-order valence-corrected chi connectivity index (χ0v) is 7.06. The van der Waals surface area contributed by atoms with Crippen LogP contribution in [0.25, 0.3) is 0 Å². The van der Waals surface area contributed by atoms with E-state index < -0.39 is 0 Å². The number of benzene rings is 1. The van der Waals surface area contributed by atoms with E-state index in [1.54, 1.807) is 12.1 Å². The molecule has 3 nitrogen and oxygen atoms in total. The summed E-state index contributed by atoms with van der Waals surface area (Å²) in [6.07, 6.45) is 4.19. The van der Waals surface area contributed by atoms with E-state index >= 15 is 0 Å². The summed E-state index contributed by atoms with van der Waals surface area (Å²) in [7, 11) is 0. The molecule has 0 radical (unpaired) electrons. The van der Waals surface area contributed by atoms with Crippen LogP contribution < -0.4 is 4.74 Å². The molecule has 66 valence electrons. The van der Waals surface area contributed by atoms with Crippen molar-refractivity contribution in [3.05, 3.63) is 24.3 Å². The van der Waals surface area contributed by atoms with E-state index in [2.05, 4.69) is 4.99 Å². The maximum atomic E-state index is 9.92. The normalized spacial score (nSPS) is 14.8. The van der Waals surface area contributed by atoms with Crippen LogP contribution in [-0.4, -0.2) is 12.2 Å². The smallest absolute Gasteiger partial charge is 0.240 e. The first-order valence-corrected chi connectivity index (χ1v) is 4.23. The quantitative estimate of drug-likeness (QED) is 0.521. The lowest BCUT2D eigenvalue weighted by molar-refractivity contribution is 0.303. The van der Waals surface area contributed by atoms with Crippen LogP contribution in [0.5, 0.6) is 5.75 Å². The molecule has 0 heterocycles. The first kappa shape index (κ1) is 8.02. The van der Waals surface area contributed by atoms with Crippen molar-refractivity contribution in [2.75, 3.05) is 0 Å². The van der Waals surface area contributed by atoms with Gasteiger partial charge in [0.1, 0.15) is 5.75 Å². The monoisotopic (exact) mass is 175 g/mol. The zero-order valence-electron chi connectivity index (χ0n) is 7.06. The van der Waals surface area contributed by atoms with E-state index in [4.69, 9.17) is 4.74 Å². The minimum Gasteiger partial charge on any atom is -0.490 e. The Morgan fingerprint density at radius 3 is 2.54 bits per heavy atom. The van der Waals surface area contributed by atoms with Crippen molar-refractivity contribution >= 4 is 11.8 Å². The van der Waals surface area contributed by atoms with Gasteiger partial charge in [-0.15, -0.1) is 0 Å². The van der Waals surface area contributed by atoms with Gasteiger partial charge in [-0.3, -0.25) is 0 Å². The van der Waals surface area contributed by atoms with Gasteiger partial charge in [0.05, 0.1) is 11.8 Å².